The van der Waals surface area contributed by atoms with Crippen molar-refractivity contribution in [3.05, 3.63) is 48.4 Å². The maximum absolute atomic E-state index is 12.3. The Labute approximate surface area is 172 Å². The van der Waals surface area contributed by atoms with Gasteiger partial charge in [0, 0.05) is 25.3 Å². The van der Waals surface area contributed by atoms with Crippen molar-refractivity contribution in [1.82, 2.24) is 25.5 Å². The third kappa shape index (κ3) is 3.23. The van der Waals surface area contributed by atoms with Gasteiger partial charge in [0.15, 0.2) is 11.6 Å². The van der Waals surface area contributed by atoms with Gasteiger partial charge in [0.2, 0.25) is 0 Å². The van der Waals surface area contributed by atoms with Gasteiger partial charge in [0.25, 0.3) is 5.91 Å². The van der Waals surface area contributed by atoms with Gasteiger partial charge in [-0.3, -0.25) is 4.79 Å². The Kier molecular flexibility index (Phi) is 4.72. The number of nitrogens with one attached hydrogen (secondary N) is 1. The Morgan fingerprint density at radius 1 is 1.13 bits per heavy atom. The molecule has 10 nitrogen and oxygen atoms in total. The predicted molar refractivity (Wildman–Crippen MR) is 106 cm³/mol. The van der Waals surface area contributed by atoms with Crippen molar-refractivity contribution in [2.75, 3.05) is 32.2 Å². The molecule has 156 valence electrons. The van der Waals surface area contributed by atoms with Crippen molar-refractivity contribution in [2.24, 2.45) is 0 Å². The lowest BCUT2D eigenvalue weighted by atomic mass is 10.1. The van der Waals surface area contributed by atoms with Crippen LogP contribution >= 0.6 is 0 Å². The lowest BCUT2D eigenvalue weighted by molar-refractivity contribution is 0.0613. The number of nitrogens with zero attached hydrogens (tertiary/aromatic N) is 5. The fourth-order valence-electron chi connectivity index (χ4n) is 3.98. The molecular weight excluding hydrogens is 388 g/mol. The van der Waals surface area contributed by atoms with Crippen LogP contribution in [0.15, 0.2) is 47.1 Å². The Bertz CT molecular complexity index is 1020. The van der Waals surface area contributed by atoms with E-state index < -0.39 is 0 Å². The van der Waals surface area contributed by atoms with Crippen LogP contribution in [0, 0.1) is 0 Å². The van der Waals surface area contributed by atoms with E-state index in [1.165, 1.54) is 6.26 Å². The summed E-state index contributed by atoms with van der Waals surface area (Å²) in [4.78, 5) is 14.4. The van der Waals surface area contributed by atoms with Crippen LogP contribution < -0.4 is 10.2 Å². The molecule has 2 aliphatic heterocycles. The first kappa shape index (κ1) is 18.8. The number of aromatic nitrogens is 4. The summed E-state index contributed by atoms with van der Waals surface area (Å²) in [6, 6.07) is 10.9. The number of rotatable bonds is 5. The molecule has 0 saturated carbocycles. The second kappa shape index (κ2) is 7.54. The third-order valence-electron chi connectivity index (χ3n) is 5.54. The van der Waals surface area contributed by atoms with E-state index in [0.717, 1.165) is 11.3 Å². The number of hydrogen-bond donors (Lipinski definition) is 1. The van der Waals surface area contributed by atoms with Gasteiger partial charge in [0.05, 0.1) is 25.5 Å². The topological polar surface area (TPSA) is 108 Å². The maximum Gasteiger partial charge on any atom is 0.287 e. The number of hydrogen-bond acceptors (Lipinski definition) is 8. The fourth-order valence-corrected chi connectivity index (χ4v) is 3.98. The van der Waals surface area contributed by atoms with Crippen molar-refractivity contribution in [1.29, 1.82) is 0 Å². The molecule has 0 spiro atoms. The lowest BCUT2D eigenvalue weighted by Crippen LogP contribution is -2.44. The molecule has 4 atom stereocenters. The van der Waals surface area contributed by atoms with E-state index >= 15 is 0 Å². The molecule has 0 aliphatic carbocycles. The van der Waals surface area contributed by atoms with E-state index in [-0.39, 0.29) is 36.0 Å². The Balaban J connectivity index is 1.33. The van der Waals surface area contributed by atoms with Gasteiger partial charge in [-0.25, -0.2) is 4.68 Å². The summed E-state index contributed by atoms with van der Waals surface area (Å²) in [7, 11) is 3.99. The molecule has 0 radical (unpaired) electrons. The summed E-state index contributed by atoms with van der Waals surface area (Å²) in [5.74, 6) is 0.628. The largest absolute Gasteiger partial charge is 0.459 e. The quantitative estimate of drug-likeness (QED) is 0.667. The van der Waals surface area contributed by atoms with Gasteiger partial charge in [-0.05, 0) is 46.8 Å². The average molecular weight is 410 g/mol. The van der Waals surface area contributed by atoms with E-state index in [1.807, 2.05) is 43.3 Å². The van der Waals surface area contributed by atoms with Crippen molar-refractivity contribution < 1.29 is 18.7 Å². The van der Waals surface area contributed by atoms with Crippen LogP contribution in [0.3, 0.4) is 0 Å². The molecule has 10 heteroatoms. The first-order chi connectivity index (χ1) is 14.6. The summed E-state index contributed by atoms with van der Waals surface area (Å²) >= 11 is 0. The molecule has 1 N–H and O–H groups in total. The van der Waals surface area contributed by atoms with E-state index in [2.05, 4.69) is 20.8 Å². The number of carbonyl (C=O) groups excluding carboxylic acids is 1. The molecule has 1 amide bonds. The third-order valence-corrected chi connectivity index (χ3v) is 5.54. The molecule has 3 aromatic rings. The molecule has 2 aliphatic rings. The van der Waals surface area contributed by atoms with Crippen molar-refractivity contribution in [2.45, 2.75) is 24.3 Å². The Morgan fingerprint density at radius 3 is 2.67 bits per heavy atom. The van der Waals surface area contributed by atoms with Gasteiger partial charge in [-0.1, -0.05) is 0 Å². The van der Waals surface area contributed by atoms with Crippen LogP contribution in [0.25, 0.3) is 11.4 Å². The first-order valence-corrected chi connectivity index (χ1v) is 9.75. The Hall–Kier alpha value is -3.24. The zero-order valence-electron chi connectivity index (χ0n) is 16.6. The molecule has 4 heterocycles. The van der Waals surface area contributed by atoms with Gasteiger partial charge in [-0.2, -0.15) is 0 Å². The van der Waals surface area contributed by atoms with Crippen LogP contribution in [0.2, 0.25) is 0 Å². The SMILES string of the molecule is CN(C)c1ccc(-c2nnnn2[C@H]2CO[C@H]3[C@@H]2OC[C@@H]3NC(=O)c2ccco2)cc1. The molecule has 30 heavy (non-hydrogen) atoms. The van der Waals surface area contributed by atoms with E-state index in [0.29, 0.717) is 19.0 Å². The molecule has 2 fully saturated rings. The number of ether oxygens (including phenoxy) is 2. The first-order valence-electron chi connectivity index (χ1n) is 9.75. The summed E-state index contributed by atoms with van der Waals surface area (Å²) < 4.78 is 18.9. The molecule has 2 saturated heterocycles. The second-order valence-corrected chi connectivity index (χ2v) is 7.61. The molecule has 0 unspecified atom stereocenters. The zero-order valence-corrected chi connectivity index (χ0v) is 16.6. The van der Waals surface area contributed by atoms with E-state index in [1.54, 1.807) is 16.8 Å². The number of amides is 1. The number of furan rings is 1. The van der Waals surface area contributed by atoms with E-state index in [9.17, 15) is 4.79 Å². The van der Waals surface area contributed by atoms with Crippen molar-refractivity contribution in [3.63, 3.8) is 0 Å². The molecule has 1 aromatic carbocycles. The average Bonchev–Trinajstić information content (AvgIpc) is 3.53. The zero-order chi connectivity index (χ0) is 20.7. The van der Waals surface area contributed by atoms with Crippen LogP contribution in [0.4, 0.5) is 5.69 Å². The normalized spacial score (nSPS) is 25.3. The highest BCUT2D eigenvalue weighted by Gasteiger charge is 2.50. The molecule has 0 bridgehead atoms. The van der Waals surface area contributed by atoms with Gasteiger partial charge in [0.1, 0.15) is 18.2 Å². The molecule has 2 aromatic heterocycles. The van der Waals surface area contributed by atoms with E-state index in [4.69, 9.17) is 13.9 Å². The maximum atomic E-state index is 12.3. The lowest BCUT2D eigenvalue weighted by Gasteiger charge is -2.18. The van der Waals surface area contributed by atoms with Gasteiger partial charge < -0.3 is 24.1 Å². The van der Waals surface area contributed by atoms with Crippen molar-refractivity contribution in [3.8, 4) is 11.4 Å². The summed E-state index contributed by atoms with van der Waals surface area (Å²) in [6.45, 7) is 0.754. The Morgan fingerprint density at radius 2 is 1.93 bits per heavy atom. The number of benzene rings is 1. The molecular formula is C20H22N6O4. The minimum atomic E-state index is -0.287. The highest BCUT2D eigenvalue weighted by Crippen LogP contribution is 2.36. The monoisotopic (exact) mass is 410 g/mol. The van der Waals surface area contributed by atoms with Crippen LogP contribution in [0.5, 0.6) is 0 Å². The highest BCUT2D eigenvalue weighted by molar-refractivity contribution is 5.91. The molecule has 5 rings (SSSR count). The standard InChI is InChI=1S/C20H22N6O4/c1-25(2)13-7-5-12(6-8-13)19-22-23-24-26(19)15-11-30-17-14(10-29-18(15)17)21-20(27)16-4-3-9-28-16/h3-9,14-15,17-18H,10-11H2,1-2H3,(H,21,27)/t14-,15-,17+,18+/m0/s1. The number of anilines is 1. The van der Waals surface area contributed by atoms with Crippen LogP contribution in [0.1, 0.15) is 16.6 Å². The predicted octanol–water partition coefficient (Wildman–Crippen LogP) is 1.14. The second-order valence-electron chi connectivity index (χ2n) is 7.61. The van der Waals surface area contributed by atoms with Crippen LogP contribution in [-0.2, 0) is 9.47 Å². The van der Waals surface area contributed by atoms with Gasteiger partial charge in [-0.15, -0.1) is 5.10 Å². The minimum absolute atomic E-state index is 0.181. The summed E-state index contributed by atoms with van der Waals surface area (Å²) in [5.41, 5.74) is 2.01. The number of tetrazole rings is 1. The summed E-state index contributed by atoms with van der Waals surface area (Å²) in [6.07, 6.45) is 0.937. The minimum Gasteiger partial charge on any atom is -0.459 e. The highest BCUT2D eigenvalue weighted by atomic mass is 16.6. The summed E-state index contributed by atoms with van der Waals surface area (Å²) in [5, 5.41) is 15.2. The fraction of sp³-hybridized carbons (Fsp3) is 0.400. The van der Waals surface area contributed by atoms with Crippen LogP contribution in [-0.4, -0.2) is 71.7 Å². The number of carbonyl (C=O) groups is 1. The van der Waals surface area contributed by atoms with Gasteiger partial charge >= 0.3 is 0 Å². The smallest absolute Gasteiger partial charge is 0.287 e. The number of fused-ring (bicyclic) bond motifs is 1. The van der Waals surface area contributed by atoms with Crippen molar-refractivity contribution >= 4 is 11.6 Å².